The van der Waals surface area contributed by atoms with Crippen molar-refractivity contribution in [2.75, 3.05) is 6.61 Å². The highest BCUT2D eigenvalue weighted by molar-refractivity contribution is 6.30. The third-order valence-corrected chi connectivity index (χ3v) is 4.81. The maximum Gasteiger partial charge on any atom is 0.277 e. The number of aromatic nitrogens is 1. The second kappa shape index (κ2) is 9.29. The molecule has 6 heteroatoms. The van der Waals surface area contributed by atoms with E-state index in [2.05, 4.69) is 33.3 Å². The highest BCUT2D eigenvalue weighted by atomic mass is 35.5. The van der Waals surface area contributed by atoms with Crippen LogP contribution in [0.1, 0.15) is 11.1 Å². The van der Waals surface area contributed by atoms with Gasteiger partial charge in [-0.15, -0.1) is 0 Å². The van der Waals surface area contributed by atoms with Crippen LogP contribution in [-0.4, -0.2) is 23.3 Å². The van der Waals surface area contributed by atoms with Crippen LogP contribution in [0.15, 0.2) is 90.2 Å². The maximum atomic E-state index is 12.0. The molecular formula is C24H20ClN3O2. The van der Waals surface area contributed by atoms with Crippen LogP contribution in [0.4, 0.5) is 0 Å². The topological polar surface area (TPSA) is 55.6 Å². The Morgan fingerprint density at radius 3 is 2.67 bits per heavy atom. The Kier molecular flexibility index (Phi) is 6.11. The maximum absolute atomic E-state index is 12.0. The molecule has 0 aliphatic rings. The Bertz CT molecular complexity index is 1190. The van der Waals surface area contributed by atoms with Crippen molar-refractivity contribution in [1.29, 1.82) is 0 Å². The van der Waals surface area contributed by atoms with Crippen LogP contribution in [0.25, 0.3) is 10.9 Å². The van der Waals surface area contributed by atoms with E-state index in [0.29, 0.717) is 10.8 Å². The number of benzene rings is 3. The molecule has 0 radical (unpaired) electrons. The number of hydrogen-bond acceptors (Lipinski definition) is 3. The van der Waals surface area contributed by atoms with E-state index < -0.39 is 0 Å². The van der Waals surface area contributed by atoms with E-state index in [0.717, 1.165) is 23.0 Å². The third-order valence-electron chi connectivity index (χ3n) is 4.57. The number of ether oxygens (including phenoxy) is 1. The van der Waals surface area contributed by atoms with Crippen molar-refractivity contribution in [3.8, 4) is 5.75 Å². The third kappa shape index (κ3) is 4.88. The van der Waals surface area contributed by atoms with Crippen LogP contribution in [-0.2, 0) is 11.3 Å². The highest BCUT2D eigenvalue weighted by Crippen LogP contribution is 2.21. The number of halogens is 1. The SMILES string of the molecule is O=C(COc1cccc(Cl)c1)N/N=C\c1cn(Cc2ccccc2)c2ccccc12. The van der Waals surface area contributed by atoms with Crippen molar-refractivity contribution in [3.63, 3.8) is 0 Å². The minimum atomic E-state index is -0.348. The Labute approximate surface area is 179 Å². The fourth-order valence-corrected chi connectivity index (χ4v) is 3.38. The van der Waals surface area contributed by atoms with E-state index in [-0.39, 0.29) is 12.5 Å². The first kappa shape index (κ1) is 19.7. The van der Waals surface area contributed by atoms with E-state index >= 15 is 0 Å². The Morgan fingerprint density at radius 1 is 1.03 bits per heavy atom. The molecule has 1 aromatic heterocycles. The summed E-state index contributed by atoms with van der Waals surface area (Å²) in [5.74, 6) is 0.185. The van der Waals surface area contributed by atoms with Gasteiger partial charge in [0.25, 0.3) is 5.91 Å². The quantitative estimate of drug-likeness (QED) is 0.344. The number of carbonyl (C=O) groups excluding carboxylic acids is 1. The zero-order chi connectivity index (χ0) is 20.8. The van der Waals surface area contributed by atoms with Gasteiger partial charge in [-0.2, -0.15) is 5.10 Å². The molecule has 0 bridgehead atoms. The molecule has 3 aromatic carbocycles. The molecule has 1 heterocycles. The zero-order valence-corrected chi connectivity index (χ0v) is 16.9. The summed E-state index contributed by atoms with van der Waals surface area (Å²) in [6, 6.07) is 25.3. The van der Waals surface area contributed by atoms with Gasteiger partial charge < -0.3 is 9.30 Å². The smallest absolute Gasteiger partial charge is 0.277 e. The second-order valence-corrected chi connectivity index (χ2v) is 7.19. The molecule has 0 aliphatic carbocycles. The van der Waals surface area contributed by atoms with E-state index in [1.807, 2.05) is 42.6 Å². The number of hydrogen-bond donors (Lipinski definition) is 1. The monoisotopic (exact) mass is 417 g/mol. The van der Waals surface area contributed by atoms with Gasteiger partial charge in [0.2, 0.25) is 0 Å². The van der Waals surface area contributed by atoms with Gasteiger partial charge >= 0.3 is 0 Å². The van der Waals surface area contributed by atoms with Crippen molar-refractivity contribution >= 4 is 34.6 Å². The lowest BCUT2D eigenvalue weighted by molar-refractivity contribution is -0.123. The van der Waals surface area contributed by atoms with Crippen LogP contribution in [0.5, 0.6) is 5.75 Å². The lowest BCUT2D eigenvalue weighted by Gasteiger charge is -2.05. The lowest BCUT2D eigenvalue weighted by Crippen LogP contribution is -2.24. The number of carbonyl (C=O) groups is 1. The molecule has 0 unspecified atom stereocenters. The van der Waals surface area contributed by atoms with Gasteiger partial charge in [0.05, 0.1) is 6.21 Å². The van der Waals surface area contributed by atoms with Gasteiger partial charge in [0.15, 0.2) is 6.61 Å². The molecule has 0 spiro atoms. The summed E-state index contributed by atoms with van der Waals surface area (Å²) in [6.07, 6.45) is 3.69. The number of fused-ring (bicyclic) bond motifs is 1. The molecule has 1 amide bonds. The number of nitrogens with zero attached hydrogens (tertiary/aromatic N) is 2. The normalized spacial score (nSPS) is 11.1. The number of amides is 1. The molecule has 150 valence electrons. The van der Waals surface area contributed by atoms with Gasteiger partial charge in [-0.05, 0) is 29.8 Å². The summed E-state index contributed by atoms with van der Waals surface area (Å²) in [7, 11) is 0. The predicted molar refractivity (Wildman–Crippen MR) is 120 cm³/mol. The minimum Gasteiger partial charge on any atom is -0.484 e. The predicted octanol–water partition coefficient (Wildman–Crippen LogP) is 4.87. The molecule has 4 rings (SSSR count). The van der Waals surface area contributed by atoms with Gasteiger partial charge in [0.1, 0.15) is 5.75 Å². The Hall–Kier alpha value is -3.57. The van der Waals surface area contributed by atoms with Crippen LogP contribution in [0, 0.1) is 0 Å². The van der Waals surface area contributed by atoms with Gasteiger partial charge in [-0.3, -0.25) is 4.79 Å². The van der Waals surface area contributed by atoms with E-state index in [4.69, 9.17) is 16.3 Å². The molecule has 0 atom stereocenters. The fraction of sp³-hybridized carbons (Fsp3) is 0.0833. The van der Waals surface area contributed by atoms with Crippen LogP contribution in [0.2, 0.25) is 5.02 Å². The van der Waals surface area contributed by atoms with Crippen LogP contribution < -0.4 is 10.2 Å². The van der Waals surface area contributed by atoms with E-state index in [9.17, 15) is 4.79 Å². The number of para-hydroxylation sites is 1. The first-order valence-corrected chi connectivity index (χ1v) is 9.89. The summed E-state index contributed by atoms with van der Waals surface area (Å²) in [5, 5.41) is 5.72. The standard InChI is InChI=1S/C24H20ClN3O2/c25-20-9-6-10-21(13-20)30-17-24(29)27-26-14-19-16-28(15-18-7-2-1-3-8-18)23-12-5-4-11-22(19)23/h1-14,16H,15,17H2,(H,27,29)/b26-14-. The lowest BCUT2D eigenvalue weighted by atomic mass is 10.2. The van der Waals surface area contributed by atoms with Crippen molar-refractivity contribution in [3.05, 3.63) is 101 Å². The average Bonchev–Trinajstić information content (AvgIpc) is 3.11. The number of nitrogens with one attached hydrogen (secondary N) is 1. The fourth-order valence-electron chi connectivity index (χ4n) is 3.20. The van der Waals surface area contributed by atoms with Crippen LogP contribution >= 0.6 is 11.6 Å². The van der Waals surface area contributed by atoms with E-state index in [1.165, 1.54) is 5.56 Å². The largest absolute Gasteiger partial charge is 0.484 e. The second-order valence-electron chi connectivity index (χ2n) is 6.75. The summed E-state index contributed by atoms with van der Waals surface area (Å²) < 4.78 is 7.59. The molecule has 0 saturated heterocycles. The van der Waals surface area contributed by atoms with Crippen LogP contribution in [0.3, 0.4) is 0 Å². The van der Waals surface area contributed by atoms with Crippen molar-refractivity contribution < 1.29 is 9.53 Å². The molecule has 5 nitrogen and oxygen atoms in total. The molecule has 4 aromatic rings. The van der Waals surface area contributed by atoms with E-state index in [1.54, 1.807) is 30.5 Å². The number of hydrazone groups is 1. The summed E-state index contributed by atoms with van der Waals surface area (Å²) in [4.78, 5) is 12.0. The molecule has 30 heavy (non-hydrogen) atoms. The van der Waals surface area contributed by atoms with Gasteiger partial charge in [-0.1, -0.05) is 66.2 Å². The van der Waals surface area contributed by atoms with Crippen molar-refractivity contribution in [2.45, 2.75) is 6.54 Å². The number of rotatable bonds is 7. The summed E-state index contributed by atoms with van der Waals surface area (Å²) >= 11 is 5.91. The first-order chi connectivity index (χ1) is 14.7. The zero-order valence-electron chi connectivity index (χ0n) is 16.2. The molecule has 1 N–H and O–H groups in total. The first-order valence-electron chi connectivity index (χ1n) is 9.51. The minimum absolute atomic E-state index is 0.145. The Morgan fingerprint density at radius 2 is 1.83 bits per heavy atom. The summed E-state index contributed by atoms with van der Waals surface area (Å²) in [6.45, 7) is 0.614. The van der Waals surface area contributed by atoms with Crippen molar-refractivity contribution in [2.24, 2.45) is 5.10 Å². The highest BCUT2D eigenvalue weighted by Gasteiger charge is 2.07. The molecule has 0 fully saturated rings. The molecule has 0 saturated carbocycles. The van der Waals surface area contributed by atoms with Gasteiger partial charge in [-0.25, -0.2) is 5.43 Å². The van der Waals surface area contributed by atoms with Gasteiger partial charge in [0, 0.05) is 34.2 Å². The molecular weight excluding hydrogens is 398 g/mol. The molecule has 0 aliphatic heterocycles. The average molecular weight is 418 g/mol. The summed E-state index contributed by atoms with van der Waals surface area (Å²) in [5.41, 5.74) is 5.76. The van der Waals surface area contributed by atoms with Crippen molar-refractivity contribution in [1.82, 2.24) is 9.99 Å². The Balaban J connectivity index is 1.43.